The number of H-pyrrole nitrogens is 1. The zero-order chi connectivity index (χ0) is 29.0. The van der Waals surface area contributed by atoms with Gasteiger partial charge in [0.05, 0.1) is 22.8 Å². The molecule has 13 heteroatoms. The van der Waals surface area contributed by atoms with Crippen LogP contribution >= 0.6 is 0 Å². The average Bonchev–Trinajstić information content (AvgIpc) is 3.41. The summed E-state index contributed by atoms with van der Waals surface area (Å²) in [5.74, 6) is -6.24. The topological polar surface area (TPSA) is 95.2 Å². The van der Waals surface area contributed by atoms with Crippen LogP contribution in [0.15, 0.2) is 60.9 Å². The number of fused-ring (bicyclic) bond motifs is 1. The van der Waals surface area contributed by atoms with Crippen molar-refractivity contribution >= 4 is 34.0 Å². The van der Waals surface area contributed by atoms with Gasteiger partial charge in [0.15, 0.2) is 0 Å². The Morgan fingerprint density at radius 3 is 2.56 bits per heavy atom. The Kier molecular flexibility index (Phi) is 8.06. The first kappa shape index (κ1) is 28.3. The molecule has 1 fully saturated rings. The third-order valence-corrected chi connectivity index (χ3v) is 6.80. The fourth-order valence-electron chi connectivity index (χ4n) is 4.64. The molecule has 3 heterocycles. The Bertz CT molecular complexity index is 1520. The van der Waals surface area contributed by atoms with Crippen LogP contribution in [0.1, 0.15) is 35.2 Å². The highest BCUT2D eigenvalue weighted by Crippen LogP contribution is 2.47. The predicted octanol–water partition coefficient (Wildman–Crippen LogP) is 6.47. The molecule has 0 unspecified atom stereocenters. The highest BCUT2D eigenvalue weighted by atomic mass is 19.4. The van der Waals surface area contributed by atoms with E-state index >= 15 is 0 Å². The van der Waals surface area contributed by atoms with Crippen molar-refractivity contribution in [1.82, 2.24) is 20.1 Å². The van der Waals surface area contributed by atoms with Gasteiger partial charge in [0.1, 0.15) is 18.2 Å². The number of rotatable bonds is 9. The van der Waals surface area contributed by atoms with Gasteiger partial charge in [0.2, 0.25) is 0 Å². The number of amides is 1. The van der Waals surface area contributed by atoms with Gasteiger partial charge in [0, 0.05) is 35.6 Å². The molecule has 0 atom stereocenters. The highest BCUT2D eigenvalue weighted by Gasteiger charge is 2.60. The second-order valence-electron chi connectivity index (χ2n) is 9.68. The Balaban J connectivity index is 1.36. The van der Waals surface area contributed by atoms with Crippen molar-refractivity contribution in [3.63, 3.8) is 0 Å². The number of alkyl halides is 5. The highest BCUT2D eigenvalue weighted by molar-refractivity contribution is 6.08. The Hall–Kier alpha value is -4.26. The minimum atomic E-state index is -5.82. The van der Waals surface area contributed by atoms with Gasteiger partial charge in [-0.2, -0.15) is 27.1 Å². The van der Waals surface area contributed by atoms with Crippen LogP contribution < -0.4 is 15.4 Å². The molecule has 5 rings (SSSR count). The average molecular weight is 575 g/mol. The molecule has 3 N–H and O–H groups in total. The molecule has 2 aromatic carbocycles. The van der Waals surface area contributed by atoms with E-state index in [4.69, 9.17) is 4.74 Å². The molecule has 8 nitrogen and oxygen atoms in total. The fourth-order valence-corrected chi connectivity index (χ4v) is 4.64. The molecule has 41 heavy (non-hydrogen) atoms. The maximum atomic E-state index is 14.4. The maximum Gasteiger partial charge on any atom is 0.458 e. The summed E-state index contributed by atoms with van der Waals surface area (Å²) in [5, 5.41) is 13.3. The number of nitrogens with zero attached hydrogens (tertiary/aromatic N) is 3. The first-order chi connectivity index (χ1) is 19.6. The molecular formula is C28H27F5N6O2. The SMILES string of the molecule is O=C(Nc1ccc(C(F)(F)C(F)(F)F)c(OCCN2CCCCC2)c1)c1cccnc1Nc1ccc2cn[nH]c2c1. The summed E-state index contributed by atoms with van der Waals surface area (Å²) in [6.07, 6.45) is 0.396. The number of aromatic nitrogens is 3. The summed E-state index contributed by atoms with van der Waals surface area (Å²) >= 11 is 0. The molecule has 0 radical (unpaired) electrons. The summed E-state index contributed by atoms with van der Waals surface area (Å²) in [6.45, 7) is 1.91. The summed E-state index contributed by atoms with van der Waals surface area (Å²) in [4.78, 5) is 19.5. The molecule has 0 aliphatic carbocycles. The van der Waals surface area contributed by atoms with Gasteiger partial charge in [0.25, 0.3) is 5.91 Å². The number of ether oxygens (including phenoxy) is 1. The molecule has 1 aliphatic heterocycles. The molecule has 1 aliphatic rings. The van der Waals surface area contributed by atoms with Crippen LogP contribution in [0.4, 0.5) is 39.1 Å². The summed E-state index contributed by atoms with van der Waals surface area (Å²) in [6, 6.07) is 11.0. The Morgan fingerprint density at radius 1 is 1.00 bits per heavy atom. The molecule has 1 saturated heterocycles. The smallest absolute Gasteiger partial charge is 0.458 e. The Morgan fingerprint density at radius 2 is 1.78 bits per heavy atom. The van der Waals surface area contributed by atoms with Crippen molar-refractivity contribution in [2.45, 2.75) is 31.4 Å². The van der Waals surface area contributed by atoms with Crippen molar-refractivity contribution in [2.75, 3.05) is 36.9 Å². The normalized spacial score (nSPS) is 14.7. The van der Waals surface area contributed by atoms with E-state index in [0.29, 0.717) is 18.3 Å². The van der Waals surface area contributed by atoms with E-state index in [9.17, 15) is 26.7 Å². The second kappa shape index (κ2) is 11.7. The van der Waals surface area contributed by atoms with Crippen LogP contribution in [-0.2, 0) is 5.92 Å². The minimum absolute atomic E-state index is 0.0154. The van der Waals surface area contributed by atoms with Crippen molar-refractivity contribution in [3.8, 4) is 5.75 Å². The molecule has 4 aromatic rings. The van der Waals surface area contributed by atoms with Gasteiger partial charge in [-0.3, -0.25) is 14.8 Å². The van der Waals surface area contributed by atoms with E-state index in [1.807, 2.05) is 6.07 Å². The number of pyridine rings is 1. The van der Waals surface area contributed by atoms with Gasteiger partial charge in [-0.25, -0.2) is 4.98 Å². The summed E-state index contributed by atoms with van der Waals surface area (Å²) < 4.78 is 73.9. The van der Waals surface area contributed by atoms with E-state index in [2.05, 4.69) is 30.7 Å². The van der Waals surface area contributed by atoms with E-state index in [1.54, 1.807) is 24.4 Å². The number of likely N-dealkylation sites (tertiary alicyclic amines) is 1. The zero-order valence-electron chi connectivity index (χ0n) is 21.8. The summed E-state index contributed by atoms with van der Waals surface area (Å²) in [7, 11) is 0. The van der Waals surface area contributed by atoms with Gasteiger partial charge < -0.3 is 15.4 Å². The van der Waals surface area contributed by atoms with Crippen LogP contribution in [0.5, 0.6) is 5.75 Å². The van der Waals surface area contributed by atoms with Gasteiger partial charge in [-0.15, -0.1) is 0 Å². The third-order valence-electron chi connectivity index (χ3n) is 6.80. The van der Waals surface area contributed by atoms with E-state index in [1.165, 1.54) is 12.3 Å². The predicted molar refractivity (Wildman–Crippen MR) is 144 cm³/mol. The molecule has 0 bridgehead atoms. The maximum absolute atomic E-state index is 14.4. The molecule has 0 spiro atoms. The van der Waals surface area contributed by atoms with Crippen molar-refractivity contribution in [1.29, 1.82) is 0 Å². The second-order valence-corrected chi connectivity index (χ2v) is 9.68. The lowest BCUT2D eigenvalue weighted by Crippen LogP contribution is -2.35. The number of halogens is 5. The number of piperidine rings is 1. The van der Waals surface area contributed by atoms with Crippen molar-refractivity contribution in [2.24, 2.45) is 0 Å². The standard InChI is InChI=1S/C28H27F5N6O2/c29-27(30,28(31,32)33)22-9-8-20(16-24(22)41-14-13-39-11-2-1-3-12-39)37-26(40)21-5-4-10-34-25(21)36-19-7-6-18-17-35-38-23(18)15-19/h4-10,15-17H,1-3,11-14H2,(H,34,36)(H,35,38)(H,37,40). The minimum Gasteiger partial charge on any atom is -0.492 e. The van der Waals surface area contributed by atoms with E-state index in [0.717, 1.165) is 55.4 Å². The number of nitrogens with one attached hydrogen (secondary N) is 3. The van der Waals surface area contributed by atoms with Crippen molar-refractivity contribution in [3.05, 3.63) is 72.1 Å². The van der Waals surface area contributed by atoms with Gasteiger partial charge in [-0.05, 0) is 68.4 Å². The van der Waals surface area contributed by atoms with Gasteiger partial charge in [-0.1, -0.05) is 6.42 Å². The lowest BCUT2D eigenvalue weighted by Gasteiger charge is -2.27. The van der Waals surface area contributed by atoms with Crippen LogP contribution in [0.3, 0.4) is 0 Å². The van der Waals surface area contributed by atoms with Crippen LogP contribution in [0, 0.1) is 0 Å². The van der Waals surface area contributed by atoms with Gasteiger partial charge >= 0.3 is 12.1 Å². The number of anilines is 3. The molecule has 0 saturated carbocycles. The molecular weight excluding hydrogens is 547 g/mol. The Labute approximate surface area is 231 Å². The number of hydrogen-bond donors (Lipinski definition) is 3. The zero-order valence-corrected chi connectivity index (χ0v) is 21.8. The summed E-state index contributed by atoms with van der Waals surface area (Å²) in [5.41, 5.74) is 0.172. The molecule has 216 valence electrons. The lowest BCUT2D eigenvalue weighted by atomic mass is 10.1. The van der Waals surface area contributed by atoms with Crippen LogP contribution in [0.2, 0.25) is 0 Å². The van der Waals surface area contributed by atoms with Crippen LogP contribution in [-0.4, -0.2) is 58.4 Å². The van der Waals surface area contributed by atoms with E-state index < -0.39 is 29.3 Å². The number of carbonyl (C=O) groups is 1. The van der Waals surface area contributed by atoms with Crippen molar-refractivity contribution < 1.29 is 31.5 Å². The number of hydrogen-bond acceptors (Lipinski definition) is 6. The molecule has 2 aromatic heterocycles. The number of benzene rings is 2. The fraction of sp³-hybridized carbons (Fsp3) is 0.321. The monoisotopic (exact) mass is 574 g/mol. The third kappa shape index (κ3) is 6.40. The van der Waals surface area contributed by atoms with Crippen LogP contribution in [0.25, 0.3) is 10.9 Å². The lowest BCUT2D eigenvalue weighted by molar-refractivity contribution is -0.289. The quantitative estimate of drug-likeness (QED) is 0.198. The number of carbonyl (C=O) groups excluding carboxylic acids is 1. The molecule has 1 amide bonds. The van der Waals surface area contributed by atoms with E-state index in [-0.39, 0.29) is 23.7 Å². The first-order valence-corrected chi connectivity index (χ1v) is 13.0. The largest absolute Gasteiger partial charge is 0.492 e. The first-order valence-electron chi connectivity index (χ1n) is 13.0. The number of aromatic amines is 1.